The van der Waals surface area contributed by atoms with Gasteiger partial charge in [0.2, 0.25) is 0 Å². The lowest BCUT2D eigenvalue weighted by molar-refractivity contribution is 0.0883. The molecule has 0 bridgehead atoms. The van der Waals surface area contributed by atoms with Crippen LogP contribution < -0.4 is 4.31 Å². The first-order chi connectivity index (χ1) is 17.1. The van der Waals surface area contributed by atoms with Crippen LogP contribution in [0.2, 0.25) is 0 Å². The third-order valence-electron chi connectivity index (χ3n) is 7.16. The molecule has 3 heterocycles. The summed E-state index contributed by atoms with van der Waals surface area (Å²) >= 11 is 1.37. The van der Waals surface area contributed by atoms with Crippen molar-refractivity contribution in [3.05, 3.63) is 76.0 Å². The molecule has 1 aromatic heterocycles. The van der Waals surface area contributed by atoms with Gasteiger partial charge in [-0.25, -0.2) is 4.39 Å². The van der Waals surface area contributed by atoms with Gasteiger partial charge in [-0.05, 0) is 79.7 Å². The predicted octanol–water partition coefficient (Wildman–Crippen LogP) is 6.36. The monoisotopic (exact) mass is 531 g/mol. The van der Waals surface area contributed by atoms with Crippen LogP contribution in [-0.2, 0) is 11.3 Å². The van der Waals surface area contributed by atoms with E-state index in [9.17, 15) is 18.6 Å². The lowest BCUT2D eigenvalue weighted by atomic mass is 9.81. The van der Waals surface area contributed by atoms with Crippen molar-refractivity contribution in [2.24, 2.45) is 0 Å². The van der Waals surface area contributed by atoms with Gasteiger partial charge in [0.05, 0.1) is 23.9 Å². The van der Waals surface area contributed by atoms with E-state index >= 15 is 0 Å². The molecule has 5 rings (SSSR count). The Morgan fingerprint density at radius 2 is 2.06 bits per heavy atom. The average molecular weight is 532 g/mol. The molecule has 2 atom stereocenters. The van der Waals surface area contributed by atoms with E-state index in [-0.39, 0.29) is 11.8 Å². The number of nitrogens with zero attached hydrogens (tertiary/aromatic N) is 3. The molecule has 1 spiro atoms. The van der Waals surface area contributed by atoms with Crippen LogP contribution in [-0.4, -0.2) is 48.7 Å². The van der Waals surface area contributed by atoms with Crippen molar-refractivity contribution in [1.82, 2.24) is 9.27 Å². The summed E-state index contributed by atoms with van der Waals surface area (Å²) in [7, 11) is -1.80. The summed E-state index contributed by atoms with van der Waals surface area (Å²) in [5.74, 6) is 0.270. The first-order valence-electron chi connectivity index (χ1n) is 11.7. The van der Waals surface area contributed by atoms with Gasteiger partial charge in [-0.1, -0.05) is 22.9 Å². The van der Waals surface area contributed by atoms with E-state index < -0.39 is 22.1 Å². The van der Waals surface area contributed by atoms with E-state index in [2.05, 4.69) is 16.2 Å². The number of hydrogen-bond acceptors (Lipinski definition) is 8. The van der Waals surface area contributed by atoms with Gasteiger partial charge in [-0.2, -0.15) is 4.37 Å². The molecule has 36 heavy (non-hydrogen) atoms. The van der Waals surface area contributed by atoms with Crippen molar-refractivity contribution in [3.63, 3.8) is 0 Å². The van der Waals surface area contributed by atoms with Crippen molar-refractivity contribution < 1.29 is 23.3 Å². The highest BCUT2D eigenvalue weighted by Gasteiger charge is 2.55. The van der Waals surface area contributed by atoms with Crippen molar-refractivity contribution >= 4 is 28.0 Å². The fourth-order valence-electron chi connectivity index (χ4n) is 5.47. The molecule has 10 heteroatoms. The molecule has 2 aliphatic rings. The molecule has 0 saturated carbocycles. The van der Waals surface area contributed by atoms with Gasteiger partial charge in [-0.15, -0.1) is 0 Å². The summed E-state index contributed by atoms with van der Waals surface area (Å²) in [4.78, 5) is 2.33. The van der Waals surface area contributed by atoms with Gasteiger partial charge in [-0.3, -0.25) is 18.3 Å². The minimum atomic E-state index is -3.34. The molecule has 0 aliphatic carbocycles. The van der Waals surface area contributed by atoms with E-state index in [0.29, 0.717) is 37.4 Å². The van der Waals surface area contributed by atoms with Crippen molar-refractivity contribution in [2.75, 3.05) is 18.0 Å². The number of phenolic OH excluding ortho intramolecular Hbond substituents is 1. The number of rotatable bonds is 5. The number of aromatic nitrogens is 1. The summed E-state index contributed by atoms with van der Waals surface area (Å²) in [6.45, 7) is 5.41. The lowest BCUT2D eigenvalue weighted by Gasteiger charge is -2.52. The first kappa shape index (κ1) is 25.0. The minimum Gasteiger partial charge on any atom is -0.507 e. The minimum absolute atomic E-state index is 0.0555. The van der Waals surface area contributed by atoms with E-state index in [1.54, 1.807) is 22.5 Å². The van der Waals surface area contributed by atoms with E-state index in [4.69, 9.17) is 4.74 Å². The zero-order valence-corrected chi connectivity index (χ0v) is 22.0. The summed E-state index contributed by atoms with van der Waals surface area (Å²) in [6.07, 6.45) is 1.13. The Morgan fingerprint density at radius 3 is 2.72 bits per heavy atom. The SMILES string of the molecule is COC1=CS(O)(O)N(c2cccc(F)c2)[C@@]12CCN(Cc1ccc(O)c(-c3nscc3C)c1)[C@@H](C)C2. The fraction of sp³-hybridized carbons (Fsp3) is 0.346. The number of piperidine rings is 1. The Hall–Kier alpha value is -2.63. The molecule has 3 aromatic rings. The third kappa shape index (κ3) is 4.26. The predicted molar refractivity (Wildman–Crippen MR) is 143 cm³/mol. The highest BCUT2D eigenvalue weighted by atomic mass is 32.3. The standard InChI is InChI=1S/C26H30FN3O4S2/c1-17-15-35-28-25(17)22-11-19(7-8-23(22)31)14-29-10-9-26(13-18(29)2)24(34-3)16-36(32,33)30(26)21-6-4-5-20(27)12-21/h4-8,11-12,15-16,18,31-33H,9-10,13-14H2,1-3H3/t18-,26+/m0/s1. The van der Waals surface area contributed by atoms with Crippen molar-refractivity contribution in [3.8, 4) is 17.0 Å². The molecule has 1 fully saturated rings. The second-order valence-corrected chi connectivity index (χ2v) is 11.9. The molecule has 2 aromatic carbocycles. The number of likely N-dealkylation sites (tertiary alicyclic amines) is 1. The number of methoxy groups -OCH3 is 1. The zero-order valence-electron chi connectivity index (χ0n) is 20.4. The lowest BCUT2D eigenvalue weighted by Crippen LogP contribution is -2.57. The fourth-order valence-corrected chi connectivity index (χ4v) is 8.04. The van der Waals surface area contributed by atoms with E-state index in [1.807, 2.05) is 24.4 Å². The topological polar surface area (TPSA) is 89.3 Å². The van der Waals surface area contributed by atoms with Crippen LogP contribution in [0.3, 0.4) is 0 Å². The molecule has 0 radical (unpaired) electrons. The molecular formula is C26H30FN3O4S2. The van der Waals surface area contributed by atoms with Gasteiger partial charge in [0.25, 0.3) is 0 Å². The van der Waals surface area contributed by atoms with Crippen LogP contribution in [0.5, 0.6) is 5.75 Å². The normalized spacial score (nSPS) is 24.7. The summed E-state index contributed by atoms with van der Waals surface area (Å²) < 4.78 is 47.8. The summed E-state index contributed by atoms with van der Waals surface area (Å²) in [5.41, 5.74) is 3.21. The Labute approximate surface area is 216 Å². The second-order valence-electron chi connectivity index (χ2n) is 9.52. The van der Waals surface area contributed by atoms with Crippen LogP contribution in [0.1, 0.15) is 30.9 Å². The van der Waals surface area contributed by atoms with Crippen LogP contribution in [0.15, 0.2) is 59.0 Å². The van der Waals surface area contributed by atoms with Gasteiger partial charge in [0, 0.05) is 30.1 Å². The van der Waals surface area contributed by atoms with Gasteiger partial charge in [0.15, 0.2) is 0 Å². The Balaban J connectivity index is 1.42. The van der Waals surface area contributed by atoms with Crippen LogP contribution in [0.25, 0.3) is 11.3 Å². The molecule has 3 N–H and O–H groups in total. The number of aromatic hydroxyl groups is 1. The van der Waals surface area contributed by atoms with Gasteiger partial charge >= 0.3 is 0 Å². The highest BCUT2D eigenvalue weighted by molar-refractivity contribution is 8.28. The molecule has 2 aliphatic heterocycles. The second kappa shape index (κ2) is 9.35. The Morgan fingerprint density at radius 1 is 1.25 bits per heavy atom. The number of halogens is 1. The van der Waals surface area contributed by atoms with E-state index in [0.717, 1.165) is 22.4 Å². The molecule has 0 unspecified atom stereocenters. The van der Waals surface area contributed by atoms with Crippen molar-refractivity contribution in [2.45, 2.75) is 44.8 Å². The quantitative estimate of drug-likeness (QED) is 0.353. The number of benzene rings is 2. The number of ether oxygens (including phenoxy) is 1. The Bertz CT molecular complexity index is 1310. The molecule has 7 nitrogen and oxygen atoms in total. The van der Waals surface area contributed by atoms with Crippen LogP contribution in [0, 0.1) is 12.7 Å². The first-order valence-corrected chi connectivity index (χ1v) is 14.1. The number of phenols is 1. The number of hydrogen-bond donors (Lipinski definition) is 3. The molecular weight excluding hydrogens is 501 g/mol. The molecule has 192 valence electrons. The highest BCUT2D eigenvalue weighted by Crippen LogP contribution is 2.63. The smallest absolute Gasteiger partial charge is 0.141 e. The summed E-state index contributed by atoms with van der Waals surface area (Å²) in [5, 5.41) is 13.8. The van der Waals surface area contributed by atoms with Crippen molar-refractivity contribution in [1.29, 1.82) is 0 Å². The van der Waals surface area contributed by atoms with Gasteiger partial charge < -0.3 is 9.84 Å². The number of aryl methyl sites for hydroxylation is 1. The van der Waals surface area contributed by atoms with Crippen LogP contribution >= 0.6 is 22.3 Å². The Kier molecular flexibility index (Phi) is 6.50. The maximum Gasteiger partial charge on any atom is 0.141 e. The summed E-state index contributed by atoms with van der Waals surface area (Å²) in [6, 6.07) is 11.6. The maximum atomic E-state index is 14.1. The average Bonchev–Trinajstić information content (AvgIpc) is 3.34. The molecule has 0 amide bonds. The van der Waals surface area contributed by atoms with E-state index in [1.165, 1.54) is 36.2 Å². The number of anilines is 1. The zero-order chi connectivity index (χ0) is 25.7. The molecule has 1 saturated heterocycles. The van der Waals surface area contributed by atoms with Gasteiger partial charge in [0.1, 0.15) is 22.9 Å². The third-order valence-corrected chi connectivity index (χ3v) is 9.54. The largest absolute Gasteiger partial charge is 0.507 e. The van der Waals surface area contributed by atoms with Crippen LogP contribution in [0.4, 0.5) is 10.1 Å². The maximum absolute atomic E-state index is 14.1.